The van der Waals surface area contributed by atoms with E-state index in [4.69, 9.17) is 9.15 Å². The molecule has 2 heterocycles. The molecule has 6 nitrogen and oxygen atoms in total. The van der Waals surface area contributed by atoms with Crippen LogP contribution in [0.4, 0.5) is 0 Å². The van der Waals surface area contributed by atoms with Gasteiger partial charge in [0.2, 0.25) is 0 Å². The lowest BCUT2D eigenvalue weighted by Crippen LogP contribution is -2.16. The van der Waals surface area contributed by atoms with Gasteiger partial charge in [0.25, 0.3) is 0 Å². The van der Waals surface area contributed by atoms with Crippen molar-refractivity contribution < 1.29 is 14.3 Å². The van der Waals surface area contributed by atoms with Crippen LogP contribution in [0.5, 0.6) is 5.75 Å². The van der Waals surface area contributed by atoms with Crippen molar-refractivity contribution in [1.82, 2.24) is 9.55 Å². The second kappa shape index (κ2) is 6.55. The number of benzene rings is 2. The van der Waals surface area contributed by atoms with E-state index >= 15 is 0 Å². The van der Waals surface area contributed by atoms with Gasteiger partial charge in [-0.1, -0.05) is 0 Å². The van der Waals surface area contributed by atoms with E-state index in [-0.39, 0.29) is 6.61 Å². The van der Waals surface area contributed by atoms with Crippen molar-refractivity contribution in [3.63, 3.8) is 0 Å². The molecule has 27 heavy (non-hydrogen) atoms. The summed E-state index contributed by atoms with van der Waals surface area (Å²) in [6.45, 7) is 5.96. The van der Waals surface area contributed by atoms with Gasteiger partial charge in [-0.3, -0.25) is 0 Å². The number of aliphatic hydroxyl groups is 1. The number of fused-ring (bicyclic) bond motifs is 2. The summed E-state index contributed by atoms with van der Waals surface area (Å²) in [6, 6.07) is 10.8. The Morgan fingerprint density at radius 3 is 2.70 bits per heavy atom. The van der Waals surface area contributed by atoms with E-state index in [0.29, 0.717) is 11.3 Å². The number of aryl methyl sites for hydroxylation is 3. The van der Waals surface area contributed by atoms with Crippen molar-refractivity contribution in [3.8, 4) is 5.75 Å². The van der Waals surface area contributed by atoms with Gasteiger partial charge in [0.1, 0.15) is 17.9 Å². The molecule has 0 aliphatic carbocycles. The Hall–Kier alpha value is -3.12. The summed E-state index contributed by atoms with van der Waals surface area (Å²) in [4.78, 5) is 15.9. The Balaban J connectivity index is 1.57. The molecule has 1 atom stereocenters. The molecule has 0 amide bonds. The predicted octanol–water partition coefficient (Wildman–Crippen LogP) is 3.64. The van der Waals surface area contributed by atoms with Crippen LogP contribution in [0.15, 0.2) is 51.9 Å². The Morgan fingerprint density at radius 1 is 1.11 bits per heavy atom. The molecule has 2 aromatic carbocycles. The molecule has 0 fully saturated rings. The monoisotopic (exact) mass is 364 g/mol. The second-order valence-electron chi connectivity index (χ2n) is 6.78. The van der Waals surface area contributed by atoms with Crippen molar-refractivity contribution in [2.24, 2.45) is 0 Å². The van der Waals surface area contributed by atoms with Crippen LogP contribution in [0, 0.1) is 20.8 Å². The fraction of sp³-hybridized carbons (Fsp3) is 0.238. The summed E-state index contributed by atoms with van der Waals surface area (Å²) in [6.07, 6.45) is 0.720. The van der Waals surface area contributed by atoms with Gasteiger partial charge in [-0.2, -0.15) is 0 Å². The van der Waals surface area contributed by atoms with Crippen molar-refractivity contribution in [2.45, 2.75) is 27.0 Å². The molecule has 0 aliphatic rings. The van der Waals surface area contributed by atoms with Crippen molar-refractivity contribution in [3.05, 3.63) is 69.8 Å². The standard InChI is InChI=1S/C21H20N2O4/c1-12-6-17-18(7-13(12)2)23(11-22-17)20(24)10-26-15-4-5-16-14(3)8-21(25)27-19(16)9-15/h4-9,11,20,24H,10H2,1-3H3. The van der Waals surface area contributed by atoms with Crippen LogP contribution in [0.2, 0.25) is 0 Å². The number of hydrogen-bond donors (Lipinski definition) is 1. The zero-order valence-corrected chi connectivity index (χ0v) is 15.4. The molecule has 1 unspecified atom stereocenters. The first-order chi connectivity index (χ1) is 12.9. The Kier molecular flexibility index (Phi) is 4.20. The fourth-order valence-corrected chi connectivity index (χ4v) is 3.17. The summed E-state index contributed by atoms with van der Waals surface area (Å²) in [5.74, 6) is 0.520. The van der Waals surface area contributed by atoms with Gasteiger partial charge < -0.3 is 18.8 Å². The fourth-order valence-electron chi connectivity index (χ4n) is 3.17. The smallest absolute Gasteiger partial charge is 0.336 e. The van der Waals surface area contributed by atoms with E-state index in [9.17, 15) is 9.90 Å². The lowest BCUT2D eigenvalue weighted by atomic mass is 10.1. The van der Waals surface area contributed by atoms with Gasteiger partial charge in [-0.25, -0.2) is 9.78 Å². The molecule has 4 rings (SSSR count). The summed E-state index contributed by atoms with van der Waals surface area (Å²) in [7, 11) is 0. The van der Waals surface area contributed by atoms with Gasteiger partial charge in [-0.15, -0.1) is 0 Å². The lowest BCUT2D eigenvalue weighted by molar-refractivity contribution is 0.0528. The minimum Gasteiger partial charge on any atom is -0.489 e. The normalized spacial score (nSPS) is 12.6. The third kappa shape index (κ3) is 3.19. The molecule has 6 heteroatoms. The van der Waals surface area contributed by atoms with Gasteiger partial charge >= 0.3 is 5.63 Å². The lowest BCUT2D eigenvalue weighted by Gasteiger charge is -2.15. The topological polar surface area (TPSA) is 77.5 Å². The number of hydrogen-bond acceptors (Lipinski definition) is 5. The zero-order valence-electron chi connectivity index (χ0n) is 15.4. The van der Waals surface area contributed by atoms with Gasteiger partial charge in [0.05, 0.1) is 17.4 Å². The molecule has 0 aliphatic heterocycles. The van der Waals surface area contributed by atoms with Crippen LogP contribution in [0.1, 0.15) is 22.9 Å². The van der Waals surface area contributed by atoms with Gasteiger partial charge in [0, 0.05) is 17.5 Å². The van der Waals surface area contributed by atoms with E-state index in [0.717, 1.165) is 33.1 Å². The van der Waals surface area contributed by atoms with E-state index in [1.807, 2.05) is 39.0 Å². The highest BCUT2D eigenvalue weighted by atomic mass is 16.5. The average Bonchev–Trinajstić information content (AvgIpc) is 3.02. The number of nitrogens with zero attached hydrogens (tertiary/aromatic N) is 2. The number of aromatic nitrogens is 2. The molecule has 0 spiro atoms. The van der Waals surface area contributed by atoms with E-state index < -0.39 is 11.9 Å². The van der Waals surface area contributed by atoms with E-state index in [1.165, 1.54) is 6.07 Å². The Bertz CT molecular complexity index is 1210. The van der Waals surface area contributed by atoms with Gasteiger partial charge in [0.15, 0.2) is 6.23 Å². The maximum Gasteiger partial charge on any atom is 0.336 e. The Morgan fingerprint density at radius 2 is 1.89 bits per heavy atom. The molecule has 0 saturated heterocycles. The molecule has 2 aromatic heterocycles. The summed E-state index contributed by atoms with van der Waals surface area (Å²) in [5, 5.41) is 11.4. The van der Waals surface area contributed by atoms with E-state index in [1.54, 1.807) is 23.0 Å². The molecular formula is C21H20N2O4. The number of rotatable bonds is 4. The summed E-state index contributed by atoms with van der Waals surface area (Å²) >= 11 is 0. The van der Waals surface area contributed by atoms with Crippen LogP contribution in [0.3, 0.4) is 0 Å². The quantitative estimate of drug-likeness (QED) is 0.560. The first kappa shape index (κ1) is 17.3. The molecular weight excluding hydrogens is 344 g/mol. The molecule has 138 valence electrons. The summed E-state index contributed by atoms with van der Waals surface area (Å²) < 4.78 is 12.6. The van der Waals surface area contributed by atoms with Crippen molar-refractivity contribution >= 4 is 22.0 Å². The molecule has 4 aromatic rings. The minimum absolute atomic E-state index is 0.0416. The molecule has 0 radical (unpaired) electrons. The summed E-state index contributed by atoms with van der Waals surface area (Å²) in [5.41, 5.74) is 4.90. The first-order valence-corrected chi connectivity index (χ1v) is 8.71. The number of aliphatic hydroxyl groups excluding tert-OH is 1. The van der Waals surface area contributed by atoms with Crippen LogP contribution in [-0.2, 0) is 0 Å². The van der Waals surface area contributed by atoms with Crippen molar-refractivity contribution in [1.29, 1.82) is 0 Å². The maximum absolute atomic E-state index is 11.6. The largest absolute Gasteiger partial charge is 0.489 e. The molecule has 1 N–H and O–H groups in total. The van der Waals surface area contributed by atoms with Crippen LogP contribution in [-0.4, -0.2) is 21.3 Å². The highest BCUT2D eigenvalue weighted by Crippen LogP contribution is 2.24. The average molecular weight is 364 g/mol. The SMILES string of the molecule is Cc1cc2ncn(C(O)COc3ccc4c(C)cc(=O)oc4c3)c2cc1C. The third-order valence-electron chi connectivity index (χ3n) is 4.83. The third-order valence-corrected chi connectivity index (χ3v) is 4.83. The van der Waals surface area contributed by atoms with E-state index in [2.05, 4.69) is 4.98 Å². The van der Waals surface area contributed by atoms with Crippen molar-refractivity contribution in [2.75, 3.05) is 6.61 Å². The second-order valence-corrected chi connectivity index (χ2v) is 6.78. The molecule has 0 bridgehead atoms. The predicted molar refractivity (Wildman–Crippen MR) is 103 cm³/mol. The first-order valence-electron chi connectivity index (χ1n) is 8.71. The highest BCUT2D eigenvalue weighted by molar-refractivity contribution is 5.81. The minimum atomic E-state index is -0.891. The maximum atomic E-state index is 11.6. The van der Waals surface area contributed by atoms with Crippen LogP contribution in [0.25, 0.3) is 22.0 Å². The number of ether oxygens (including phenoxy) is 1. The number of imidazole rings is 1. The zero-order chi connectivity index (χ0) is 19.1. The molecule has 0 saturated carbocycles. The Labute approximate surface area is 155 Å². The highest BCUT2D eigenvalue weighted by Gasteiger charge is 2.13. The van der Waals surface area contributed by atoms with Crippen LogP contribution < -0.4 is 10.4 Å². The van der Waals surface area contributed by atoms with Crippen LogP contribution >= 0.6 is 0 Å². The van der Waals surface area contributed by atoms with Gasteiger partial charge in [-0.05, 0) is 61.7 Å².